The van der Waals surface area contributed by atoms with Gasteiger partial charge in [0.15, 0.2) is 36.1 Å². The van der Waals surface area contributed by atoms with E-state index in [1.54, 1.807) is 6.92 Å². The highest BCUT2D eigenvalue weighted by Crippen LogP contribution is 2.58. The van der Waals surface area contributed by atoms with Crippen LogP contribution in [0.1, 0.15) is 43.6 Å². The zero-order chi connectivity index (χ0) is 35.2. The first-order valence-corrected chi connectivity index (χ1v) is 21.5. The monoisotopic (exact) mass is 774 g/mol. The molecule has 270 valence electrons. The third-order valence-corrected chi connectivity index (χ3v) is 12.9. The number of ether oxygens (including phenoxy) is 2. The lowest BCUT2D eigenvalue weighted by molar-refractivity contribution is -0.0489. The smallest absolute Gasteiger partial charge is 0.386 e. The van der Waals surface area contributed by atoms with Gasteiger partial charge in [0.2, 0.25) is 0 Å². The van der Waals surface area contributed by atoms with Gasteiger partial charge in [-0.1, -0.05) is 43.6 Å². The van der Waals surface area contributed by atoms with Crippen molar-refractivity contribution < 1.29 is 46.1 Å². The number of imidazole rings is 2. The van der Waals surface area contributed by atoms with Crippen molar-refractivity contribution in [1.82, 2.24) is 39.0 Å². The highest BCUT2D eigenvalue weighted by Gasteiger charge is 2.52. The average molecular weight is 775 g/mol. The van der Waals surface area contributed by atoms with Crippen molar-refractivity contribution in [2.75, 3.05) is 19.4 Å². The lowest BCUT2D eigenvalue weighted by Gasteiger charge is -2.25. The van der Waals surface area contributed by atoms with Crippen LogP contribution >= 0.6 is 37.9 Å². The number of aromatic nitrogens is 8. The molecule has 3 aliphatic rings. The number of halogens is 2. The maximum Gasteiger partial charge on any atom is 0.386 e. The Balaban J connectivity index is 1.23. The van der Waals surface area contributed by atoms with Gasteiger partial charge in [-0.25, -0.2) is 43.2 Å². The van der Waals surface area contributed by atoms with Gasteiger partial charge in [-0.3, -0.25) is 22.7 Å². The lowest BCUT2D eigenvalue weighted by Crippen LogP contribution is -2.34. The van der Waals surface area contributed by atoms with E-state index in [1.807, 2.05) is 12.2 Å². The molecule has 2 fully saturated rings. The molecule has 0 aromatic carbocycles. The third kappa shape index (κ3) is 7.04. The Kier molecular flexibility index (Phi) is 10.5. The predicted molar refractivity (Wildman–Crippen MR) is 181 cm³/mol. The van der Waals surface area contributed by atoms with E-state index < -0.39 is 75.8 Å². The molecule has 0 spiro atoms. The SMILES string of the molecule is CC[P@](=O)(S)O[C@@H]1[C@H]2CO[P@@](=O)(S)O[C@@H]3C(CO)O[C@H]([C@@H]3F)n3cnc4c(ncnc43)CC/C=C/CCc3ncnc4c3ncn4C(O2)[C@@H]1F. The normalized spacial score (nSPS) is 34.3. The summed E-state index contributed by atoms with van der Waals surface area (Å²) in [6.45, 7) is -7.82. The number of alkyl halides is 2. The highest BCUT2D eigenvalue weighted by atomic mass is 32.7. The second kappa shape index (κ2) is 14.6. The van der Waals surface area contributed by atoms with Crippen molar-refractivity contribution in [3.63, 3.8) is 0 Å². The number of rotatable bonds is 4. The van der Waals surface area contributed by atoms with Crippen LogP contribution in [0.3, 0.4) is 0 Å². The second-order valence-electron chi connectivity index (χ2n) is 11.9. The maximum absolute atomic E-state index is 16.3. The highest BCUT2D eigenvalue weighted by molar-refractivity contribution is 8.46. The molecule has 4 aromatic heterocycles. The molecular weight excluding hydrogens is 740 g/mol. The molecule has 50 heavy (non-hydrogen) atoms. The fourth-order valence-electron chi connectivity index (χ4n) is 6.20. The minimum absolute atomic E-state index is 0.0202. The zero-order valence-electron chi connectivity index (χ0n) is 26.5. The molecule has 10 atom stereocenters. The quantitative estimate of drug-likeness (QED) is 0.149. The van der Waals surface area contributed by atoms with Gasteiger partial charge >= 0.3 is 6.80 Å². The number of aryl methyl sites for hydroxylation is 2. The van der Waals surface area contributed by atoms with E-state index in [0.29, 0.717) is 59.4 Å². The number of hydrogen-bond acceptors (Lipinski definition) is 14. The van der Waals surface area contributed by atoms with Gasteiger partial charge in [0.05, 0.1) is 37.3 Å². The molecule has 0 saturated carbocycles. The Morgan fingerprint density at radius 1 is 0.960 bits per heavy atom. The Morgan fingerprint density at radius 2 is 1.54 bits per heavy atom. The van der Waals surface area contributed by atoms with Crippen LogP contribution in [0.2, 0.25) is 0 Å². The summed E-state index contributed by atoms with van der Waals surface area (Å²) in [5, 5.41) is 10.0. The van der Waals surface area contributed by atoms with Gasteiger partial charge in [-0.05, 0) is 25.7 Å². The van der Waals surface area contributed by atoms with E-state index in [0.717, 1.165) is 0 Å². The average Bonchev–Trinajstić information content (AvgIpc) is 3.86. The Morgan fingerprint density at radius 3 is 2.10 bits per heavy atom. The molecule has 4 aromatic rings. The zero-order valence-corrected chi connectivity index (χ0v) is 30.0. The largest absolute Gasteiger partial charge is 0.394 e. The van der Waals surface area contributed by atoms with E-state index in [4.69, 9.17) is 23.0 Å². The molecule has 12 bridgehead atoms. The van der Waals surface area contributed by atoms with E-state index in [-0.39, 0.29) is 6.16 Å². The van der Waals surface area contributed by atoms with Crippen LogP contribution in [0.15, 0.2) is 37.5 Å². The Labute approximate surface area is 294 Å². The van der Waals surface area contributed by atoms with E-state index in [2.05, 4.69) is 54.4 Å². The molecule has 16 nitrogen and oxygen atoms in total. The molecule has 0 radical (unpaired) electrons. The first-order chi connectivity index (χ1) is 24.0. The van der Waals surface area contributed by atoms with Gasteiger partial charge in [-0.15, -0.1) is 0 Å². The van der Waals surface area contributed by atoms with Crippen molar-refractivity contribution in [3.8, 4) is 0 Å². The molecule has 1 N–H and O–H groups in total. The number of allylic oxidation sites excluding steroid dienone is 2. The minimum atomic E-state index is -4.46. The molecule has 7 heterocycles. The molecule has 2 unspecified atom stereocenters. The van der Waals surface area contributed by atoms with Gasteiger partial charge in [0.25, 0.3) is 6.57 Å². The standard InChI is InChI=1S/C28H34F2N8O8P2S2/c1-2-47(40,49)45-24-18-10-42-48(41,50)46-23-17(9-39)43-27(19(23)29)37-13-35-21-15(31-11-33-25(21)37)7-5-3-4-6-8-16-22-26(34-12-32-16)38(14-36-22)28(44-18)20(24)30/h3-4,11-14,17-20,23-24,27-28,39H,2,5-10H2,1H3,(H,40,49)(H,41,50)/b4-3+/t17?,18-,19-,20-,23-,24-,27-,28?,47-,48-/m1/s1. The molecular formula is C28H34F2N8O8P2S2. The predicted octanol–water partition coefficient (Wildman–Crippen LogP) is 4.53. The van der Waals surface area contributed by atoms with Crippen molar-refractivity contribution in [2.24, 2.45) is 0 Å². The van der Waals surface area contributed by atoms with Crippen molar-refractivity contribution in [3.05, 3.63) is 48.8 Å². The van der Waals surface area contributed by atoms with E-state index in [1.165, 1.54) is 34.4 Å². The van der Waals surface area contributed by atoms with Gasteiger partial charge in [0.1, 0.15) is 48.1 Å². The summed E-state index contributed by atoms with van der Waals surface area (Å²) >= 11 is 8.15. The van der Waals surface area contributed by atoms with Crippen LogP contribution in [0, 0.1) is 0 Å². The Bertz CT molecular complexity index is 1990. The minimum Gasteiger partial charge on any atom is -0.394 e. The summed E-state index contributed by atoms with van der Waals surface area (Å²) in [4.78, 5) is 26.2. The number of nitrogens with zero attached hydrogens (tertiary/aromatic N) is 8. The number of thiol groups is 2. The summed E-state index contributed by atoms with van der Waals surface area (Å²) in [6.07, 6.45) is -0.690. The van der Waals surface area contributed by atoms with Crippen LogP contribution in [-0.2, 0) is 45.0 Å². The van der Waals surface area contributed by atoms with Crippen LogP contribution < -0.4 is 0 Å². The summed E-state index contributed by atoms with van der Waals surface area (Å²) in [6, 6.07) is 0. The molecule has 22 heteroatoms. The van der Waals surface area contributed by atoms with Crippen molar-refractivity contribution in [1.29, 1.82) is 0 Å². The van der Waals surface area contributed by atoms with Crippen molar-refractivity contribution in [2.45, 2.75) is 81.8 Å². The molecule has 3 aliphatic heterocycles. The number of aliphatic hydroxyl groups is 1. The van der Waals surface area contributed by atoms with Crippen LogP contribution in [-0.4, -0.2) is 100 Å². The van der Waals surface area contributed by atoms with E-state index >= 15 is 8.78 Å². The first-order valence-electron chi connectivity index (χ1n) is 15.8. The molecule has 0 aliphatic carbocycles. The second-order valence-corrected chi connectivity index (χ2v) is 18.7. The Hall–Kier alpha value is -2.38. The lowest BCUT2D eigenvalue weighted by atomic mass is 10.1. The summed E-state index contributed by atoms with van der Waals surface area (Å²) in [7, 11) is 0. The number of hydrogen-bond donors (Lipinski definition) is 3. The number of fused-ring (bicyclic) bond motifs is 6. The van der Waals surface area contributed by atoms with Gasteiger partial charge in [-0.2, -0.15) is 0 Å². The van der Waals surface area contributed by atoms with E-state index in [9.17, 15) is 14.2 Å². The maximum atomic E-state index is 16.3. The van der Waals surface area contributed by atoms with Crippen LogP contribution in [0.25, 0.3) is 22.3 Å². The van der Waals surface area contributed by atoms with Crippen LogP contribution in [0.4, 0.5) is 8.78 Å². The molecule has 0 amide bonds. The summed E-state index contributed by atoms with van der Waals surface area (Å²) in [5.74, 6) is 0. The summed E-state index contributed by atoms with van der Waals surface area (Å²) < 4.78 is 90.1. The fourth-order valence-corrected chi connectivity index (χ4v) is 8.79. The van der Waals surface area contributed by atoms with Gasteiger partial charge in [0, 0.05) is 6.16 Å². The topological polar surface area (TPSA) is 188 Å². The van der Waals surface area contributed by atoms with Crippen molar-refractivity contribution >= 4 is 60.2 Å². The fraction of sp³-hybridized carbons (Fsp3) is 0.571. The van der Waals surface area contributed by atoms with Crippen LogP contribution in [0.5, 0.6) is 0 Å². The first kappa shape index (κ1) is 36.0. The van der Waals surface area contributed by atoms with Gasteiger partial charge < -0.3 is 19.1 Å². The molecule has 7 rings (SSSR count). The molecule has 2 saturated heterocycles. The number of aliphatic hydroxyl groups excluding tert-OH is 1. The summed E-state index contributed by atoms with van der Waals surface area (Å²) in [5.41, 5.74) is 2.76. The third-order valence-electron chi connectivity index (χ3n) is 8.74.